The van der Waals surface area contributed by atoms with Crippen molar-refractivity contribution < 1.29 is 9.47 Å². The van der Waals surface area contributed by atoms with Gasteiger partial charge in [-0.3, -0.25) is 0 Å². The van der Waals surface area contributed by atoms with E-state index in [0.29, 0.717) is 31.2 Å². The van der Waals surface area contributed by atoms with Gasteiger partial charge in [0.25, 0.3) is 0 Å². The lowest BCUT2D eigenvalue weighted by Gasteiger charge is -2.16. The zero-order chi connectivity index (χ0) is 20.8. The predicted molar refractivity (Wildman–Crippen MR) is 116 cm³/mol. The first-order chi connectivity index (χ1) is 14.0. The number of hydrogen-bond donors (Lipinski definition) is 3. The molecule has 2 heterocycles. The highest BCUT2D eigenvalue weighted by molar-refractivity contribution is 5.90. The van der Waals surface area contributed by atoms with Crippen LogP contribution in [0.3, 0.4) is 0 Å². The molecule has 0 atom stereocenters. The number of aromatic nitrogens is 3. The molecule has 0 radical (unpaired) electrons. The molecule has 1 aromatic carbocycles. The summed E-state index contributed by atoms with van der Waals surface area (Å²) in [7, 11) is 0. The average Bonchev–Trinajstić information content (AvgIpc) is 2.68. The second-order valence-electron chi connectivity index (χ2n) is 6.72. The fraction of sp³-hybridized carbons (Fsp3) is 0.381. The number of hydrogen-bond acceptors (Lipinski definition) is 8. The van der Waals surface area contributed by atoms with Gasteiger partial charge in [0.1, 0.15) is 17.3 Å². The topological polar surface area (TPSA) is 121 Å². The van der Waals surface area contributed by atoms with Gasteiger partial charge < -0.3 is 26.3 Å². The van der Waals surface area contributed by atoms with Crippen molar-refractivity contribution in [2.24, 2.45) is 0 Å². The molecule has 0 aliphatic carbocycles. The van der Waals surface area contributed by atoms with Crippen molar-refractivity contribution in [3.8, 4) is 11.5 Å². The highest BCUT2D eigenvalue weighted by Crippen LogP contribution is 2.31. The lowest BCUT2D eigenvalue weighted by Crippen LogP contribution is -2.08. The molecule has 3 aromatic rings. The van der Waals surface area contributed by atoms with Crippen LogP contribution < -0.4 is 26.3 Å². The molecule has 0 aliphatic rings. The Bertz CT molecular complexity index is 993. The van der Waals surface area contributed by atoms with Crippen LogP contribution in [0.4, 0.5) is 17.5 Å². The van der Waals surface area contributed by atoms with E-state index in [1.807, 2.05) is 32.0 Å². The molecule has 0 amide bonds. The first kappa shape index (κ1) is 20.4. The van der Waals surface area contributed by atoms with Crippen LogP contribution in [0.2, 0.25) is 0 Å². The Hall–Kier alpha value is -3.29. The van der Waals surface area contributed by atoms with Crippen LogP contribution in [0, 0.1) is 6.92 Å². The number of nitrogens with one attached hydrogen (secondary N) is 1. The first-order valence-electron chi connectivity index (χ1n) is 9.84. The van der Waals surface area contributed by atoms with Gasteiger partial charge in [-0.15, -0.1) is 0 Å². The monoisotopic (exact) mass is 396 g/mol. The predicted octanol–water partition coefficient (Wildman–Crippen LogP) is 3.69. The summed E-state index contributed by atoms with van der Waals surface area (Å²) in [5.41, 5.74) is 15.0. The van der Waals surface area contributed by atoms with Crippen molar-refractivity contribution in [2.75, 3.05) is 30.0 Å². The van der Waals surface area contributed by atoms with Gasteiger partial charge in [0.15, 0.2) is 5.65 Å². The van der Waals surface area contributed by atoms with E-state index in [2.05, 4.69) is 27.2 Å². The summed E-state index contributed by atoms with van der Waals surface area (Å²) in [5.74, 6) is 2.04. The molecule has 0 bridgehead atoms. The number of pyridine rings is 1. The summed E-state index contributed by atoms with van der Waals surface area (Å²) >= 11 is 0. The van der Waals surface area contributed by atoms with Crippen molar-refractivity contribution >= 4 is 28.5 Å². The lowest BCUT2D eigenvalue weighted by atomic mass is 10.1. The van der Waals surface area contributed by atoms with E-state index in [9.17, 15) is 0 Å². The number of nitrogens with two attached hydrogens (primary N) is 2. The maximum absolute atomic E-state index is 6.05. The quantitative estimate of drug-likeness (QED) is 0.468. The molecular formula is C21H28N6O2. The van der Waals surface area contributed by atoms with Gasteiger partial charge in [-0.05, 0) is 43.5 Å². The Morgan fingerprint density at radius 3 is 2.69 bits per heavy atom. The number of nitrogen functional groups attached to an aromatic ring is 2. The number of rotatable bonds is 9. The maximum atomic E-state index is 6.05. The fourth-order valence-electron chi connectivity index (χ4n) is 3.06. The molecule has 8 heteroatoms. The minimum atomic E-state index is 0.120. The maximum Gasteiger partial charge on any atom is 0.224 e. The number of nitrogens with zero attached hydrogens (tertiary/aromatic N) is 3. The summed E-state index contributed by atoms with van der Waals surface area (Å²) in [5, 5.41) is 4.16. The van der Waals surface area contributed by atoms with Gasteiger partial charge in [-0.1, -0.05) is 13.3 Å². The minimum absolute atomic E-state index is 0.120. The average molecular weight is 396 g/mol. The van der Waals surface area contributed by atoms with E-state index < -0.39 is 0 Å². The van der Waals surface area contributed by atoms with Crippen molar-refractivity contribution in [1.82, 2.24) is 15.0 Å². The van der Waals surface area contributed by atoms with E-state index in [0.717, 1.165) is 46.5 Å². The molecule has 0 spiro atoms. The number of unbranched alkanes of at least 4 members (excludes halogenated alkanes) is 1. The van der Waals surface area contributed by atoms with Crippen LogP contribution in [0.5, 0.6) is 11.5 Å². The van der Waals surface area contributed by atoms with E-state index in [4.69, 9.17) is 20.9 Å². The molecule has 0 unspecified atom stereocenters. The second-order valence-corrected chi connectivity index (χ2v) is 6.72. The van der Waals surface area contributed by atoms with Gasteiger partial charge in [0, 0.05) is 18.8 Å². The Labute approximate surface area is 170 Å². The zero-order valence-corrected chi connectivity index (χ0v) is 17.2. The van der Waals surface area contributed by atoms with Crippen LogP contribution in [0.1, 0.15) is 37.8 Å². The van der Waals surface area contributed by atoms with Gasteiger partial charge in [0.05, 0.1) is 24.3 Å². The molecule has 3 rings (SSSR count). The molecule has 2 aromatic heterocycles. The minimum Gasteiger partial charge on any atom is -0.494 e. The van der Waals surface area contributed by atoms with Crippen LogP contribution >= 0.6 is 0 Å². The molecule has 0 aliphatic heterocycles. The fourth-order valence-corrected chi connectivity index (χ4v) is 3.06. The van der Waals surface area contributed by atoms with Gasteiger partial charge in [-0.25, -0.2) is 4.98 Å². The van der Waals surface area contributed by atoms with Crippen LogP contribution in [0.15, 0.2) is 24.4 Å². The standard InChI is InChI=1S/C21H28N6O2/c1-4-6-9-29-17-8-7-15(28-5-2)10-16(17)24-11-14-12-25-20-18(13(14)3)19(22)26-21(23)27-20/h7-8,10,12,24H,4-6,9,11H2,1-3H3,(H4,22,23,25,26,27). The van der Waals surface area contributed by atoms with Crippen molar-refractivity contribution in [1.29, 1.82) is 0 Å². The summed E-state index contributed by atoms with van der Waals surface area (Å²) < 4.78 is 11.6. The summed E-state index contributed by atoms with van der Waals surface area (Å²) in [6.45, 7) is 7.89. The number of ether oxygens (including phenoxy) is 2. The number of fused-ring (bicyclic) bond motifs is 1. The van der Waals surface area contributed by atoms with Gasteiger partial charge >= 0.3 is 0 Å². The van der Waals surface area contributed by atoms with Crippen LogP contribution in [-0.4, -0.2) is 28.2 Å². The summed E-state index contributed by atoms with van der Waals surface area (Å²) in [6, 6.07) is 5.80. The van der Waals surface area contributed by atoms with Gasteiger partial charge in [0.2, 0.25) is 5.95 Å². The molecule has 0 saturated heterocycles. The third-order valence-electron chi connectivity index (χ3n) is 4.62. The Kier molecular flexibility index (Phi) is 6.54. The van der Waals surface area contributed by atoms with Crippen LogP contribution in [-0.2, 0) is 6.54 Å². The van der Waals surface area contributed by atoms with Crippen molar-refractivity contribution in [3.05, 3.63) is 35.5 Å². The largest absolute Gasteiger partial charge is 0.494 e. The molecule has 8 nitrogen and oxygen atoms in total. The number of benzene rings is 1. The summed E-state index contributed by atoms with van der Waals surface area (Å²) in [6.07, 6.45) is 3.86. The first-order valence-corrected chi connectivity index (χ1v) is 9.84. The van der Waals surface area contributed by atoms with E-state index in [1.165, 1.54) is 0 Å². The molecule has 5 N–H and O–H groups in total. The van der Waals surface area contributed by atoms with E-state index in [1.54, 1.807) is 6.20 Å². The SMILES string of the molecule is CCCCOc1ccc(OCC)cc1NCc1cnc2nc(N)nc(N)c2c1C. The highest BCUT2D eigenvalue weighted by Gasteiger charge is 2.12. The highest BCUT2D eigenvalue weighted by atomic mass is 16.5. The molecule has 0 fully saturated rings. The Balaban J connectivity index is 1.86. The smallest absolute Gasteiger partial charge is 0.224 e. The van der Waals surface area contributed by atoms with Gasteiger partial charge in [-0.2, -0.15) is 9.97 Å². The third-order valence-corrected chi connectivity index (χ3v) is 4.62. The number of aryl methyl sites for hydroxylation is 1. The van der Waals surface area contributed by atoms with E-state index >= 15 is 0 Å². The van der Waals surface area contributed by atoms with E-state index in [-0.39, 0.29) is 5.95 Å². The van der Waals surface area contributed by atoms with Crippen molar-refractivity contribution in [3.63, 3.8) is 0 Å². The molecular weight excluding hydrogens is 368 g/mol. The normalized spacial score (nSPS) is 10.9. The molecule has 154 valence electrons. The van der Waals surface area contributed by atoms with Crippen LogP contribution in [0.25, 0.3) is 11.0 Å². The molecule has 29 heavy (non-hydrogen) atoms. The zero-order valence-electron chi connectivity index (χ0n) is 17.2. The Morgan fingerprint density at radius 2 is 1.93 bits per heavy atom. The second kappa shape index (κ2) is 9.27. The lowest BCUT2D eigenvalue weighted by molar-refractivity contribution is 0.308. The molecule has 0 saturated carbocycles. The van der Waals surface area contributed by atoms with Crippen molar-refractivity contribution in [2.45, 2.75) is 40.2 Å². The third kappa shape index (κ3) is 4.77. The number of anilines is 3. The Morgan fingerprint density at radius 1 is 1.10 bits per heavy atom. The summed E-state index contributed by atoms with van der Waals surface area (Å²) in [4.78, 5) is 12.6.